The summed E-state index contributed by atoms with van der Waals surface area (Å²) in [4.78, 5) is 6.65. The lowest BCUT2D eigenvalue weighted by atomic mass is 10.1. The first-order valence-electron chi connectivity index (χ1n) is 7.63. The Morgan fingerprint density at radius 3 is 2.70 bits per heavy atom. The van der Waals surface area contributed by atoms with E-state index in [2.05, 4.69) is 10.3 Å². The van der Waals surface area contributed by atoms with Crippen LogP contribution in [0.2, 0.25) is 0 Å². The van der Waals surface area contributed by atoms with Crippen LogP contribution in [0.3, 0.4) is 0 Å². The van der Waals surface area contributed by atoms with Gasteiger partial charge in [0.2, 0.25) is 0 Å². The summed E-state index contributed by atoms with van der Waals surface area (Å²) >= 11 is 0. The summed E-state index contributed by atoms with van der Waals surface area (Å²) in [6.45, 7) is 4.60. The van der Waals surface area contributed by atoms with E-state index in [4.69, 9.17) is 4.74 Å². The number of nitrogens with one attached hydrogen (secondary N) is 1. The van der Waals surface area contributed by atoms with E-state index >= 15 is 0 Å². The number of aliphatic hydroxyl groups excluding tert-OH is 1. The van der Waals surface area contributed by atoms with Crippen molar-refractivity contribution in [2.45, 2.75) is 25.6 Å². The molecule has 0 spiro atoms. The number of β-amino-alcohol motifs (C(OH)–C–C–N with tert-alkyl or cyclic N) is 1. The fourth-order valence-electron chi connectivity index (χ4n) is 2.52. The minimum absolute atomic E-state index is 0. The summed E-state index contributed by atoms with van der Waals surface area (Å²) in [6.07, 6.45) is 0.247. The highest BCUT2D eigenvalue weighted by Gasteiger charge is 2.23. The van der Waals surface area contributed by atoms with Gasteiger partial charge >= 0.3 is 0 Å². The number of nitrogens with zero attached hydrogens (tertiary/aromatic N) is 2. The summed E-state index contributed by atoms with van der Waals surface area (Å²) in [5, 5.41) is 12.9. The van der Waals surface area contributed by atoms with Crippen molar-refractivity contribution in [2.24, 2.45) is 4.99 Å². The van der Waals surface area contributed by atoms with Crippen LogP contribution in [0.15, 0.2) is 29.3 Å². The van der Waals surface area contributed by atoms with Crippen LogP contribution in [0.1, 0.15) is 25.0 Å². The average molecular weight is 437 g/mol. The zero-order chi connectivity index (χ0) is 15.9. The fraction of sp³-hybridized carbons (Fsp3) is 0.562. The van der Waals surface area contributed by atoms with Crippen LogP contribution in [0.25, 0.3) is 0 Å². The second-order valence-electron chi connectivity index (χ2n) is 5.36. The Labute approximate surface area is 153 Å². The third-order valence-electron chi connectivity index (χ3n) is 3.73. The van der Waals surface area contributed by atoms with Gasteiger partial charge in [-0.05, 0) is 31.0 Å². The molecule has 1 heterocycles. The number of ether oxygens (including phenoxy) is 1. The summed E-state index contributed by atoms with van der Waals surface area (Å²) in [5.74, 6) is 0.518. The number of aliphatic imine (C=N–C) groups is 1. The molecule has 2 atom stereocenters. The molecule has 0 aliphatic carbocycles. The quantitative estimate of drug-likeness (QED) is 0.421. The first-order valence-corrected chi connectivity index (χ1v) is 7.63. The fourth-order valence-corrected chi connectivity index (χ4v) is 2.52. The third kappa shape index (κ3) is 5.89. The Hall–Kier alpha value is -0.930. The Bertz CT molecular complexity index is 499. The first kappa shape index (κ1) is 20.1. The molecule has 1 aromatic rings. The Balaban J connectivity index is 0.00000264. The first-order chi connectivity index (χ1) is 10.6. The van der Waals surface area contributed by atoms with Crippen LogP contribution < -0.4 is 5.32 Å². The minimum atomic E-state index is -0.292. The number of hydrogen-bond donors (Lipinski definition) is 2. The van der Waals surface area contributed by atoms with E-state index in [9.17, 15) is 9.50 Å². The Morgan fingerprint density at radius 1 is 1.48 bits per heavy atom. The van der Waals surface area contributed by atoms with Crippen LogP contribution in [-0.2, 0) is 4.74 Å². The van der Waals surface area contributed by atoms with Crippen molar-refractivity contribution < 1.29 is 14.2 Å². The molecular formula is C16H25FIN3O2. The maximum Gasteiger partial charge on any atom is 0.194 e. The van der Waals surface area contributed by atoms with E-state index in [1.807, 2.05) is 11.8 Å². The van der Waals surface area contributed by atoms with Gasteiger partial charge in [-0.2, -0.15) is 0 Å². The standard InChI is InChI=1S/C16H24FN3O2.HI/c1-3-18-16(20-9-8-14(21)11-20)19-10-15(22-2)12-4-6-13(17)7-5-12;/h4-7,14-15,21H,3,8-11H2,1-2H3,(H,18,19);1H/t14-,15?;/m1./s1. The van der Waals surface area contributed by atoms with Gasteiger partial charge in [0.05, 0.1) is 12.6 Å². The molecule has 130 valence electrons. The second-order valence-corrected chi connectivity index (χ2v) is 5.36. The van der Waals surface area contributed by atoms with Gasteiger partial charge in [-0.15, -0.1) is 24.0 Å². The van der Waals surface area contributed by atoms with Crippen molar-refractivity contribution in [1.29, 1.82) is 0 Å². The predicted molar refractivity (Wildman–Crippen MR) is 99.7 cm³/mol. The SMILES string of the molecule is CCNC(=NCC(OC)c1ccc(F)cc1)N1CC[C@@H](O)C1.I. The van der Waals surface area contributed by atoms with E-state index in [1.165, 1.54) is 12.1 Å². The summed E-state index contributed by atoms with van der Waals surface area (Å²) in [7, 11) is 1.62. The van der Waals surface area contributed by atoms with Crippen molar-refractivity contribution in [1.82, 2.24) is 10.2 Å². The summed E-state index contributed by atoms with van der Waals surface area (Å²) in [5.41, 5.74) is 0.893. The molecule has 5 nitrogen and oxygen atoms in total. The minimum Gasteiger partial charge on any atom is -0.391 e. The zero-order valence-electron chi connectivity index (χ0n) is 13.5. The van der Waals surface area contributed by atoms with Gasteiger partial charge in [0.25, 0.3) is 0 Å². The van der Waals surface area contributed by atoms with Crippen LogP contribution in [0, 0.1) is 5.82 Å². The number of likely N-dealkylation sites (tertiary alicyclic amines) is 1. The van der Waals surface area contributed by atoms with Gasteiger partial charge in [0.15, 0.2) is 5.96 Å². The number of benzene rings is 1. The number of halogens is 2. The zero-order valence-corrected chi connectivity index (χ0v) is 15.9. The molecule has 1 aliphatic heterocycles. The molecular weight excluding hydrogens is 412 g/mol. The number of guanidine groups is 1. The van der Waals surface area contributed by atoms with E-state index in [0.29, 0.717) is 13.1 Å². The molecule has 0 saturated carbocycles. The molecule has 2 N–H and O–H groups in total. The highest BCUT2D eigenvalue weighted by Crippen LogP contribution is 2.18. The largest absolute Gasteiger partial charge is 0.391 e. The molecule has 1 saturated heterocycles. The van der Waals surface area contributed by atoms with Crippen LogP contribution in [0.5, 0.6) is 0 Å². The maximum atomic E-state index is 13.0. The number of methoxy groups -OCH3 is 1. The number of aliphatic hydroxyl groups is 1. The molecule has 23 heavy (non-hydrogen) atoms. The lowest BCUT2D eigenvalue weighted by Gasteiger charge is -2.22. The highest BCUT2D eigenvalue weighted by atomic mass is 127. The Kier molecular flexibility index (Phi) is 8.78. The van der Waals surface area contributed by atoms with E-state index in [1.54, 1.807) is 19.2 Å². The van der Waals surface area contributed by atoms with Gasteiger partial charge in [0, 0.05) is 26.7 Å². The molecule has 0 amide bonds. The lowest BCUT2D eigenvalue weighted by molar-refractivity contribution is 0.110. The van der Waals surface area contributed by atoms with Gasteiger partial charge < -0.3 is 20.1 Å². The number of rotatable bonds is 5. The van der Waals surface area contributed by atoms with E-state index in [0.717, 1.165) is 31.0 Å². The van der Waals surface area contributed by atoms with Crippen molar-refractivity contribution in [3.05, 3.63) is 35.6 Å². The molecule has 0 aromatic heterocycles. The topological polar surface area (TPSA) is 57.1 Å². The molecule has 1 fully saturated rings. The Morgan fingerprint density at radius 2 is 2.17 bits per heavy atom. The van der Waals surface area contributed by atoms with Gasteiger partial charge in [-0.1, -0.05) is 12.1 Å². The molecule has 1 aromatic carbocycles. The molecule has 7 heteroatoms. The van der Waals surface area contributed by atoms with Crippen molar-refractivity contribution in [3.8, 4) is 0 Å². The molecule has 2 rings (SSSR count). The maximum absolute atomic E-state index is 13.0. The van der Waals surface area contributed by atoms with Crippen molar-refractivity contribution >= 4 is 29.9 Å². The molecule has 0 radical (unpaired) electrons. The van der Waals surface area contributed by atoms with E-state index in [-0.39, 0.29) is 42.0 Å². The normalized spacial score (nSPS) is 19.4. The van der Waals surface area contributed by atoms with Gasteiger partial charge in [0.1, 0.15) is 11.9 Å². The smallest absolute Gasteiger partial charge is 0.194 e. The predicted octanol–water partition coefficient (Wildman–Crippen LogP) is 2.16. The van der Waals surface area contributed by atoms with Crippen LogP contribution in [-0.4, -0.2) is 55.4 Å². The highest BCUT2D eigenvalue weighted by molar-refractivity contribution is 14.0. The third-order valence-corrected chi connectivity index (χ3v) is 3.73. The van der Waals surface area contributed by atoms with Crippen LogP contribution >= 0.6 is 24.0 Å². The van der Waals surface area contributed by atoms with Gasteiger partial charge in [-0.3, -0.25) is 4.99 Å². The summed E-state index contributed by atoms with van der Waals surface area (Å²) < 4.78 is 18.5. The average Bonchev–Trinajstić information content (AvgIpc) is 2.95. The molecule has 0 bridgehead atoms. The van der Waals surface area contributed by atoms with Crippen molar-refractivity contribution in [2.75, 3.05) is 33.3 Å². The number of hydrogen-bond acceptors (Lipinski definition) is 3. The molecule has 1 unspecified atom stereocenters. The van der Waals surface area contributed by atoms with Gasteiger partial charge in [-0.25, -0.2) is 4.39 Å². The molecule has 1 aliphatic rings. The second kappa shape index (κ2) is 10.0. The lowest BCUT2D eigenvalue weighted by Crippen LogP contribution is -2.40. The van der Waals surface area contributed by atoms with E-state index < -0.39 is 0 Å². The summed E-state index contributed by atoms with van der Waals surface area (Å²) in [6, 6.07) is 6.28. The monoisotopic (exact) mass is 437 g/mol. The van der Waals surface area contributed by atoms with Crippen molar-refractivity contribution in [3.63, 3.8) is 0 Å². The van der Waals surface area contributed by atoms with Crippen LogP contribution in [0.4, 0.5) is 4.39 Å².